The molecule has 2 heterocycles. The highest BCUT2D eigenvalue weighted by Gasteiger charge is 2.14. The standard InChI is InChI=1S/C14H18N4O3S/c1-8(5-6-9(2)22(4,19)20)7-11-10(3)16-14-13(12(11)15)17-21-18-14/h5-6H,7,15H2,1-4H3/b8-5+,9-6+. The van der Waals surface area contributed by atoms with Crippen LogP contribution in [0.15, 0.2) is 27.3 Å². The average Bonchev–Trinajstić information content (AvgIpc) is 2.87. The van der Waals surface area contributed by atoms with Crippen LogP contribution in [-0.4, -0.2) is 30.0 Å². The normalized spacial score (nSPS) is 13.8. The van der Waals surface area contributed by atoms with Gasteiger partial charge in [0.1, 0.15) is 0 Å². The van der Waals surface area contributed by atoms with E-state index in [4.69, 9.17) is 5.73 Å². The van der Waals surface area contributed by atoms with Crippen molar-refractivity contribution in [2.75, 3.05) is 12.0 Å². The molecule has 0 aliphatic heterocycles. The van der Waals surface area contributed by atoms with Gasteiger partial charge in [0.15, 0.2) is 15.4 Å². The number of rotatable bonds is 4. The maximum absolute atomic E-state index is 11.4. The molecule has 0 spiro atoms. The van der Waals surface area contributed by atoms with Gasteiger partial charge in [-0.05, 0) is 43.6 Å². The van der Waals surface area contributed by atoms with Crippen LogP contribution in [0.2, 0.25) is 0 Å². The second kappa shape index (κ2) is 5.88. The number of anilines is 1. The van der Waals surface area contributed by atoms with Gasteiger partial charge in [0.2, 0.25) is 5.65 Å². The summed E-state index contributed by atoms with van der Waals surface area (Å²) in [5, 5.41) is 7.43. The summed E-state index contributed by atoms with van der Waals surface area (Å²) < 4.78 is 27.4. The smallest absolute Gasteiger partial charge is 0.226 e. The third-order valence-electron chi connectivity index (χ3n) is 3.40. The molecule has 118 valence electrons. The Labute approximate surface area is 128 Å². The summed E-state index contributed by atoms with van der Waals surface area (Å²) in [6.45, 7) is 5.30. The van der Waals surface area contributed by atoms with Crippen LogP contribution in [-0.2, 0) is 16.3 Å². The van der Waals surface area contributed by atoms with Gasteiger partial charge in [-0.2, -0.15) is 0 Å². The van der Waals surface area contributed by atoms with Crippen molar-refractivity contribution in [3.05, 3.63) is 33.9 Å². The van der Waals surface area contributed by atoms with Crippen molar-refractivity contribution < 1.29 is 13.0 Å². The van der Waals surface area contributed by atoms with Crippen molar-refractivity contribution in [3.8, 4) is 0 Å². The van der Waals surface area contributed by atoms with Gasteiger partial charge < -0.3 is 5.73 Å². The summed E-state index contributed by atoms with van der Waals surface area (Å²) in [6, 6.07) is 0. The fourth-order valence-electron chi connectivity index (χ4n) is 1.94. The fraction of sp³-hybridized carbons (Fsp3) is 0.357. The van der Waals surface area contributed by atoms with Crippen LogP contribution in [0.4, 0.5) is 5.69 Å². The second-order valence-corrected chi connectivity index (χ2v) is 7.45. The molecular formula is C14H18N4O3S. The van der Waals surface area contributed by atoms with Gasteiger partial charge in [-0.25, -0.2) is 18.0 Å². The van der Waals surface area contributed by atoms with Crippen molar-refractivity contribution in [2.24, 2.45) is 0 Å². The first kappa shape index (κ1) is 16.2. The predicted molar refractivity (Wildman–Crippen MR) is 84.8 cm³/mol. The van der Waals surface area contributed by atoms with Gasteiger partial charge in [0, 0.05) is 22.4 Å². The van der Waals surface area contributed by atoms with E-state index < -0.39 is 9.84 Å². The van der Waals surface area contributed by atoms with Crippen LogP contribution in [0.5, 0.6) is 0 Å². The number of sulfone groups is 1. The number of fused-ring (bicyclic) bond motifs is 1. The van der Waals surface area contributed by atoms with Crippen molar-refractivity contribution in [1.29, 1.82) is 0 Å². The highest BCUT2D eigenvalue weighted by atomic mass is 32.2. The number of nitrogen functional groups attached to an aromatic ring is 1. The van der Waals surface area contributed by atoms with E-state index in [1.165, 1.54) is 6.26 Å². The lowest BCUT2D eigenvalue weighted by Gasteiger charge is -2.08. The van der Waals surface area contributed by atoms with Crippen molar-refractivity contribution in [2.45, 2.75) is 27.2 Å². The van der Waals surface area contributed by atoms with Crippen LogP contribution in [0.1, 0.15) is 25.1 Å². The van der Waals surface area contributed by atoms with Crippen LogP contribution in [0.3, 0.4) is 0 Å². The number of nitrogens with zero attached hydrogens (tertiary/aromatic N) is 3. The molecule has 2 aromatic rings. The van der Waals surface area contributed by atoms with E-state index in [1.54, 1.807) is 19.1 Å². The number of hydrogen-bond donors (Lipinski definition) is 1. The minimum atomic E-state index is -3.16. The zero-order chi connectivity index (χ0) is 16.5. The zero-order valence-corrected chi connectivity index (χ0v) is 13.7. The maximum atomic E-state index is 11.4. The molecule has 0 saturated carbocycles. The Balaban J connectivity index is 2.35. The van der Waals surface area contributed by atoms with Gasteiger partial charge in [-0.15, -0.1) is 0 Å². The molecule has 2 rings (SSSR count). The van der Waals surface area contributed by atoms with Crippen LogP contribution in [0, 0.1) is 6.92 Å². The Kier molecular flexibility index (Phi) is 4.32. The topological polar surface area (TPSA) is 112 Å². The first-order valence-electron chi connectivity index (χ1n) is 6.61. The quantitative estimate of drug-likeness (QED) is 0.856. The SMILES string of the molecule is C/C(=C\C=C(/C)S(C)(=O)=O)Cc1c(C)nc2nonc2c1N. The number of aromatic nitrogens is 3. The lowest BCUT2D eigenvalue weighted by Crippen LogP contribution is -2.02. The second-order valence-electron chi connectivity index (χ2n) is 5.27. The van der Waals surface area contributed by atoms with E-state index in [1.807, 2.05) is 13.8 Å². The van der Waals surface area contributed by atoms with Crippen molar-refractivity contribution in [1.82, 2.24) is 15.3 Å². The molecule has 2 aromatic heterocycles. The number of pyridine rings is 1. The highest BCUT2D eigenvalue weighted by Crippen LogP contribution is 2.25. The lowest BCUT2D eigenvalue weighted by atomic mass is 10.0. The van der Waals surface area contributed by atoms with E-state index in [-0.39, 0.29) is 0 Å². The Bertz CT molecular complexity index is 879. The lowest BCUT2D eigenvalue weighted by molar-refractivity contribution is 0.315. The molecule has 0 fully saturated rings. The fourth-order valence-corrected chi connectivity index (χ4v) is 2.25. The maximum Gasteiger partial charge on any atom is 0.226 e. The Morgan fingerprint density at radius 1 is 1.27 bits per heavy atom. The molecule has 0 unspecified atom stereocenters. The molecule has 0 amide bonds. The average molecular weight is 322 g/mol. The monoisotopic (exact) mass is 322 g/mol. The number of nitrogens with two attached hydrogens (primary N) is 1. The third kappa shape index (κ3) is 3.33. The number of allylic oxidation sites excluding steroid dienone is 4. The highest BCUT2D eigenvalue weighted by molar-refractivity contribution is 7.94. The number of aryl methyl sites for hydroxylation is 1. The molecule has 0 bridgehead atoms. The molecule has 0 aliphatic carbocycles. The van der Waals surface area contributed by atoms with Crippen LogP contribution < -0.4 is 5.73 Å². The van der Waals surface area contributed by atoms with E-state index in [2.05, 4.69) is 19.9 Å². The summed E-state index contributed by atoms with van der Waals surface area (Å²) in [4.78, 5) is 4.61. The molecule has 22 heavy (non-hydrogen) atoms. The Morgan fingerprint density at radius 3 is 2.59 bits per heavy atom. The third-order valence-corrected chi connectivity index (χ3v) is 4.71. The summed E-state index contributed by atoms with van der Waals surface area (Å²) in [5.74, 6) is 0. The van der Waals surface area contributed by atoms with Crippen molar-refractivity contribution in [3.63, 3.8) is 0 Å². The molecular weight excluding hydrogens is 304 g/mol. The number of hydrogen-bond acceptors (Lipinski definition) is 7. The first-order chi connectivity index (χ1) is 10.2. The van der Waals surface area contributed by atoms with Gasteiger partial charge in [0.25, 0.3) is 0 Å². The van der Waals surface area contributed by atoms with Gasteiger partial charge in [-0.1, -0.05) is 11.6 Å². The molecule has 7 nitrogen and oxygen atoms in total. The van der Waals surface area contributed by atoms with E-state index in [0.29, 0.717) is 28.2 Å². The van der Waals surface area contributed by atoms with Crippen LogP contribution >= 0.6 is 0 Å². The summed E-state index contributed by atoms with van der Waals surface area (Å²) in [6.07, 6.45) is 5.07. The summed E-state index contributed by atoms with van der Waals surface area (Å²) >= 11 is 0. The van der Waals surface area contributed by atoms with Crippen LogP contribution in [0.25, 0.3) is 11.2 Å². The molecule has 2 N–H and O–H groups in total. The molecule has 0 aromatic carbocycles. The molecule has 8 heteroatoms. The Hall–Kier alpha value is -2.22. The van der Waals surface area contributed by atoms with Gasteiger partial charge in [0.05, 0.1) is 5.69 Å². The van der Waals surface area contributed by atoms with Gasteiger partial charge in [-0.3, -0.25) is 0 Å². The molecule has 0 atom stereocenters. The van der Waals surface area contributed by atoms with E-state index in [0.717, 1.165) is 16.8 Å². The molecule has 0 saturated heterocycles. The molecule has 0 aliphatic rings. The minimum Gasteiger partial charge on any atom is -0.396 e. The minimum absolute atomic E-state index is 0.311. The largest absolute Gasteiger partial charge is 0.396 e. The Morgan fingerprint density at radius 2 is 1.95 bits per heavy atom. The zero-order valence-electron chi connectivity index (χ0n) is 12.9. The van der Waals surface area contributed by atoms with Crippen molar-refractivity contribution >= 4 is 26.7 Å². The first-order valence-corrected chi connectivity index (χ1v) is 8.50. The predicted octanol–water partition coefficient (Wildman–Crippen LogP) is 1.95. The summed E-state index contributed by atoms with van der Waals surface area (Å²) in [5.41, 5.74) is 9.94. The van der Waals surface area contributed by atoms with E-state index in [9.17, 15) is 8.42 Å². The van der Waals surface area contributed by atoms with E-state index >= 15 is 0 Å². The van der Waals surface area contributed by atoms with Gasteiger partial charge >= 0.3 is 0 Å². The summed E-state index contributed by atoms with van der Waals surface area (Å²) in [7, 11) is -3.16. The molecule has 0 radical (unpaired) electrons.